The van der Waals surface area contributed by atoms with Gasteiger partial charge >= 0.3 is 0 Å². The molecule has 1 heterocycles. The number of pyridine rings is 1. The Kier molecular flexibility index (Phi) is 8.89. The van der Waals surface area contributed by atoms with E-state index in [1.54, 1.807) is 35.4 Å². The molecule has 0 radical (unpaired) electrons. The molecule has 4 rings (SSSR count). The van der Waals surface area contributed by atoms with Crippen molar-refractivity contribution in [2.75, 3.05) is 13.2 Å². The molecule has 0 spiro atoms. The first-order valence-electron chi connectivity index (χ1n) is 11.9. The number of benzene rings is 3. The van der Waals surface area contributed by atoms with E-state index in [4.69, 9.17) is 4.74 Å². The Morgan fingerprint density at radius 2 is 1.76 bits per heavy atom. The van der Waals surface area contributed by atoms with E-state index in [-0.39, 0.29) is 24.7 Å². The van der Waals surface area contributed by atoms with Gasteiger partial charge in [-0.05, 0) is 55.0 Å². The molecule has 0 aliphatic rings. The highest BCUT2D eigenvalue weighted by Crippen LogP contribution is 2.33. The largest absolute Gasteiger partial charge is 0.484 e. The van der Waals surface area contributed by atoms with Gasteiger partial charge in [-0.25, -0.2) is 0 Å². The minimum atomic E-state index is -0.414. The number of nitro groups is 1. The van der Waals surface area contributed by atoms with Gasteiger partial charge in [-0.1, -0.05) is 53.7 Å². The molecule has 3 aromatic carbocycles. The summed E-state index contributed by atoms with van der Waals surface area (Å²) in [4.78, 5) is 32.3. The Morgan fingerprint density at radius 3 is 2.46 bits per heavy atom. The van der Waals surface area contributed by atoms with Crippen molar-refractivity contribution in [2.45, 2.75) is 29.7 Å². The van der Waals surface area contributed by atoms with Gasteiger partial charge in [0.2, 0.25) is 0 Å². The van der Waals surface area contributed by atoms with Crippen LogP contribution in [0.3, 0.4) is 0 Å². The second-order valence-electron chi connectivity index (χ2n) is 8.45. The van der Waals surface area contributed by atoms with Gasteiger partial charge in [0.15, 0.2) is 6.61 Å². The molecule has 8 heteroatoms. The van der Waals surface area contributed by atoms with Crippen LogP contribution in [0.1, 0.15) is 16.8 Å². The SMILES string of the molecule is Cc1ccc(Sc2ccc([N+](=O)[O-])cc2CN(CCc2ccccn2)C(=O)COc2ccccc2)cc1. The van der Waals surface area contributed by atoms with Gasteiger partial charge in [0, 0.05) is 53.3 Å². The monoisotopic (exact) mass is 513 g/mol. The number of hydrogen-bond donors (Lipinski definition) is 0. The first kappa shape index (κ1) is 25.9. The summed E-state index contributed by atoms with van der Waals surface area (Å²) >= 11 is 1.52. The van der Waals surface area contributed by atoms with Crippen molar-refractivity contribution in [1.29, 1.82) is 0 Å². The average Bonchev–Trinajstić information content (AvgIpc) is 2.92. The van der Waals surface area contributed by atoms with E-state index < -0.39 is 4.92 Å². The number of amides is 1. The number of aromatic nitrogens is 1. The number of nitro benzene ring substituents is 1. The van der Waals surface area contributed by atoms with E-state index in [9.17, 15) is 14.9 Å². The van der Waals surface area contributed by atoms with Crippen LogP contribution in [0, 0.1) is 17.0 Å². The lowest BCUT2D eigenvalue weighted by Crippen LogP contribution is -2.36. The van der Waals surface area contributed by atoms with E-state index in [1.807, 2.05) is 67.6 Å². The fourth-order valence-corrected chi connectivity index (χ4v) is 4.60. The summed E-state index contributed by atoms with van der Waals surface area (Å²) in [5.74, 6) is 0.393. The summed E-state index contributed by atoms with van der Waals surface area (Å²) in [6, 6.07) is 27.7. The summed E-state index contributed by atoms with van der Waals surface area (Å²) in [6.07, 6.45) is 2.27. The molecule has 0 bridgehead atoms. The minimum absolute atomic E-state index is 0.0130. The van der Waals surface area contributed by atoms with Gasteiger partial charge in [0.1, 0.15) is 5.75 Å². The molecular formula is C29H27N3O4S. The molecule has 0 aliphatic carbocycles. The maximum Gasteiger partial charge on any atom is 0.269 e. The molecular weight excluding hydrogens is 486 g/mol. The Balaban J connectivity index is 1.58. The van der Waals surface area contributed by atoms with Gasteiger partial charge in [-0.15, -0.1) is 0 Å². The normalized spacial score (nSPS) is 10.6. The minimum Gasteiger partial charge on any atom is -0.484 e. The van der Waals surface area contributed by atoms with E-state index >= 15 is 0 Å². The topological polar surface area (TPSA) is 85.6 Å². The predicted molar refractivity (Wildman–Crippen MR) is 144 cm³/mol. The molecule has 188 valence electrons. The van der Waals surface area contributed by atoms with Gasteiger partial charge < -0.3 is 9.64 Å². The lowest BCUT2D eigenvalue weighted by atomic mass is 10.1. The zero-order valence-corrected chi connectivity index (χ0v) is 21.3. The van der Waals surface area contributed by atoms with Crippen molar-refractivity contribution in [3.63, 3.8) is 0 Å². The molecule has 0 N–H and O–H groups in total. The third-order valence-electron chi connectivity index (χ3n) is 5.69. The summed E-state index contributed by atoms with van der Waals surface area (Å²) in [5, 5.41) is 11.5. The van der Waals surface area contributed by atoms with Crippen LogP contribution >= 0.6 is 11.8 Å². The molecule has 37 heavy (non-hydrogen) atoms. The third kappa shape index (κ3) is 7.65. The van der Waals surface area contributed by atoms with Crippen LogP contribution in [0.2, 0.25) is 0 Å². The van der Waals surface area contributed by atoms with Crippen LogP contribution < -0.4 is 4.74 Å². The molecule has 0 saturated heterocycles. The summed E-state index contributed by atoms with van der Waals surface area (Å²) in [6.45, 7) is 2.49. The number of nitrogens with zero attached hydrogens (tertiary/aromatic N) is 3. The van der Waals surface area contributed by atoms with Crippen LogP contribution in [0.5, 0.6) is 5.75 Å². The van der Waals surface area contributed by atoms with Crippen molar-refractivity contribution in [2.24, 2.45) is 0 Å². The van der Waals surface area contributed by atoms with Crippen molar-refractivity contribution in [3.8, 4) is 5.75 Å². The molecule has 0 fully saturated rings. The number of carbonyl (C=O) groups excluding carboxylic acids is 1. The fraction of sp³-hybridized carbons (Fsp3) is 0.172. The number of carbonyl (C=O) groups is 1. The van der Waals surface area contributed by atoms with Crippen LogP contribution in [0.25, 0.3) is 0 Å². The fourth-order valence-electron chi connectivity index (χ4n) is 3.68. The van der Waals surface area contributed by atoms with E-state index in [1.165, 1.54) is 17.8 Å². The first-order valence-corrected chi connectivity index (χ1v) is 12.7. The van der Waals surface area contributed by atoms with Crippen molar-refractivity contribution >= 4 is 23.4 Å². The van der Waals surface area contributed by atoms with E-state index in [0.29, 0.717) is 24.3 Å². The highest BCUT2D eigenvalue weighted by Gasteiger charge is 2.20. The number of ether oxygens (including phenoxy) is 1. The van der Waals surface area contributed by atoms with Gasteiger partial charge in [0.05, 0.1) is 4.92 Å². The Hall–Kier alpha value is -4.17. The summed E-state index contributed by atoms with van der Waals surface area (Å²) in [7, 11) is 0. The second kappa shape index (κ2) is 12.7. The average molecular weight is 514 g/mol. The van der Waals surface area contributed by atoms with Crippen LogP contribution in [-0.2, 0) is 17.8 Å². The number of hydrogen-bond acceptors (Lipinski definition) is 6. The van der Waals surface area contributed by atoms with Gasteiger partial charge in [-0.2, -0.15) is 0 Å². The van der Waals surface area contributed by atoms with E-state index in [0.717, 1.165) is 21.0 Å². The van der Waals surface area contributed by atoms with Crippen molar-refractivity contribution in [3.05, 3.63) is 124 Å². The third-order valence-corrected chi connectivity index (χ3v) is 6.81. The van der Waals surface area contributed by atoms with Gasteiger partial charge in [-0.3, -0.25) is 19.9 Å². The smallest absolute Gasteiger partial charge is 0.269 e. The van der Waals surface area contributed by atoms with Crippen LogP contribution in [0.4, 0.5) is 5.69 Å². The lowest BCUT2D eigenvalue weighted by molar-refractivity contribution is -0.385. The standard InChI is InChI=1S/C29H27N3O4S/c1-22-10-13-27(14-11-22)37-28-15-12-25(32(34)35)19-23(28)20-31(18-16-24-7-5-6-17-30-24)29(33)21-36-26-8-3-2-4-9-26/h2-15,17,19H,16,18,20-21H2,1H3. The van der Waals surface area contributed by atoms with E-state index in [2.05, 4.69) is 4.98 Å². The van der Waals surface area contributed by atoms with Gasteiger partial charge in [0.25, 0.3) is 11.6 Å². The number of para-hydroxylation sites is 1. The zero-order valence-electron chi connectivity index (χ0n) is 20.4. The highest BCUT2D eigenvalue weighted by atomic mass is 32.2. The summed E-state index contributed by atoms with van der Waals surface area (Å²) in [5.41, 5.74) is 2.70. The molecule has 4 aromatic rings. The number of rotatable bonds is 11. The van der Waals surface area contributed by atoms with Crippen LogP contribution in [0.15, 0.2) is 107 Å². The maximum absolute atomic E-state index is 13.3. The molecule has 0 atom stereocenters. The Bertz CT molecular complexity index is 1330. The molecule has 7 nitrogen and oxygen atoms in total. The van der Waals surface area contributed by atoms with Crippen LogP contribution in [-0.4, -0.2) is 33.9 Å². The molecule has 0 saturated carbocycles. The lowest BCUT2D eigenvalue weighted by Gasteiger charge is -2.24. The van der Waals surface area contributed by atoms with Crippen molar-refractivity contribution < 1.29 is 14.5 Å². The molecule has 1 aromatic heterocycles. The molecule has 1 amide bonds. The Labute approximate surface area is 220 Å². The predicted octanol–water partition coefficient (Wildman–Crippen LogP) is 6.10. The van der Waals surface area contributed by atoms with Crippen molar-refractivity contribution in [1.82, 2.24) is 9.88 Å². The maximum atomic E-state index is 13.3. The molecule has 0 aliphatic heterocycles. The first-order chi connectivity index (χ1) is 18.0. The quantitative estimate of drug-likeness (QED) is 0.178. The Morgan fingerprint density at radius 1 is 1.00 bits per heavy atom. The summed E-state index contributed by atoms with van der Waals surface area (Å²) < 4.78 is 5.72. The second-order valence-corrected chi connectivity index (χ2v) is 9.57. The molecule has 0 unspecified atom stereocenters. The highest BCUT2D eigenvalue weighted by molar-refractivity contribution is 7.99. The zero-order chi connectivity index (χ0) is 26.0. The number of aryl methyl sites for hydroxylation is 1. The number of non-ortho nitro benzene ring substituents is 1.